The van der Waals surface area contributed by atoms with Crippen LogP contribution in [0, 0.1) is 20.8 Å². The van der Waals surface area contributed by atoms with E-state index in [9.17, 15) is 4.79 Å². The first kappa shape index (κ1) is 11.1. The van der Waals surface area contributed by atoms with Crippen molar-refractivity contribution >= 4 is 17.9 Å². The van der Waals surface area contributed by atoms with Gasteiger partial charge in [0.15, 0.2) is 6.29 Å². The van der Waals surface area contributed by atoms with Crippen molar-refractivity contribution in [1.82, 2.24) is 0 Å². The molecule has 0 unspecified atom stereocenters. The Bertz CT molecular complexity index is 354. The minimum atomic E-state index is 0.526. The predicted molar refractivity (Wildman–Crippen MR) is 57.6 cm³/mol. The molecular weight excluding hydrogens is 200 g/mol. The van der Waals surface area contributed by atoms with Crippen molar-refractivity contribution in [3.05, 3.63) is 27.3 Å². The summed E-state index contributed by atoms with van der Waals surface area (Å²) in [5.41, 5.74) is 3.29. The fraction of sp³-hybridized carbons (Fsp3) is 0.364. The van der Waals surface area contributed by atoms with Gasteiger partial charge in [-0.3, -0.25) is 4.79 Å². The second-order valence-electron chi connectivity index (χ2n) is 3.25. The highest BCUT2D eigenvalue weighted by Crippen LogP contribution is 2.35. The molecule has 0 aliphatic heterocycles. The molecule has 1 rings (SSSR count). The van der Waals surface area contributed by atoms with Gasteiger partial charge >= 0.3 is 0 Å². The molecule has 2 nitrogen and oxygen atoms in total. The third-order valence-corrected chi connectivity index (χ3v) is 3.02. The molecule has 14 heavy (non-hydrogen) atoms. The van der Waals surface area contributed by atoms with Gasteiger partial charge in [0.25, 0.3) is 0 Å². The van der Waals surface area contributed by atoms with E-state index >= 15 is 0 Å². The van der Waals surface area contributed by atoms with Crippen LogP contribution < -0.4 is 4.74 Å². The number of methoxy groups -OCH3 is 1. The van der Waals surface area contributed by atoms with Gasteiger partial charge < -0.3 is 4.74 Å². The Kier molecular flexibility index (Phi) is 3.17. The summed E-state index contributed by atoms with van der Waals surface area (Å²) in [4.78, 5) is 10.9. The Morgan fingerprint density at radius 1 is 1.14 bits per heavy atom. The normalized spacial score (nSPS) is 10.1. The average molecular weight is 213 g/mol. The highest BCUT2D eigenvalue weighted by Gasteiger charge is 2.15. The van der Waals surface area contributed by atoms with Gasteiger partial charge in [0.2, 0.25) is 0 Å². The number of halogens is 1. The van der Waals surface area contributed by atoms with Crippen LogP contribution in [0.5, 0.6) is 5.75 Å². The summed E-state index contributed by atoms with van der Waals surface area (Å²) in [6.07, 6.45) is 0.836. The summed E-state index contributed by atoms with van der Waals surface area (Å²) in [5.74, 6) is 0.660. The van der Waals surface area contributed by atoms with Gasteiger partial charge in [-0.1, -0.05) is 11.6 Å². The van der Waals surface area contributed by atoms with Crippen LogP contribution in [0.3, 0.4) is 0 Å². The summed E-state index contributed by atoms with van der Waals surface area (Å²) < 4.78 is 5.19. The number of carbonyl (C=O) groups is 1. The van der Waals surface area contributed by atoms with Crippen molar-refractivity contribution in [1.29, 1.82) is 0 Å². The van der Waals surface area contributed by atoms with Crippen LogP contribution in [0.1, 0.15) is 27.0 Å². The maximum atomic E-state index is 10.9. The zero-order valence-electron chi connectivity index (χ0n) is 8.77. The summed E-state index contributed by atoms with van der Waals surface area (Å²) in [6.45, 7) is 5.61. The monoisotopic (exact) mass is 212 g/mol. The molecular formula is C11H13ClO2. The molecule has 0 aliphatic carbocycles. The molecule has 0 spiro atoms. The van der Waals surface area contributed by atoms with Crippen LogP contribution in [-0.2, 0) is 0 Å². The Balaban J connectivity index is 3.63. The molecule has 1 aromatic carbocycles. The van der Waals surface area contributed by atoms with E-state index in [1.165, 1.54) is 0 Å². The molecule has 0 heterocycles. The number of rotatable bonds is 2. The third-order valence-electron chi connectivity index (χ3n) is 2.56. The molecule has 0 saturated heterocycles. The van der Waals surface area contributed by atoms with E-state index in [1.807, 2.05) is 20.8 Å². The first-order valence-corrected chi connectivity index (χ1v) is 4.70. The van der Waals surface area contributed by atoms with Crippen molar-refractivity contribution in [3.63, 3.8) is 0 Å². The molecule has 0 atom stereocenters. The van der Waals surface area contributed by atoms with Crippen molar-refractivity contribution in [3.8, 4) is 5.75 Å². The SMILES string of the molecule is COc1c(C)c(C)c(C=O)c(C)c1Cl. The fourth-order valence-corrected chi connectivity index (χ4v) is 1.85. The molecule has 0 fully saturated rings. The summed E-state index contributed by atoms with van der Waals surface area (Å²) in [7, 11) is 1.58. The zero-order chi connectivity index (χ0) is 10.9. The van der Waals surface area contributed by atoms with Gasteiger partial charge in [-0.2, -0.15) is 0 Å². The smallest absolute Gasteiger partial charge is 0.150 e. The van der Waals surface area contributed by atoms with E-state index in [2.05, 4.69) is 0 Å². The van der Waals surface area contributed by atoms with Gasteiger partial charge in [0, 0.05) is 5.56 Å². The van der Waals surface area contributed by atoms with Crippen LogP contribution in [0.4, 0.5) is 0 Å². The number of benzene rings is 1. The second-order valence-corrected chi connectivity index (χ2v) is 3.63. The fourth-order valence-electron chi connectivity index (χ4n) is 1.53. The molecule has 0 radical (unpaired) electrons. The average Bonchev–Trinajstić information content (AvgIpc) is 2.17. The molecule has 0 amide bonds. The standard InChI is InChI=1S/C11H13ClO2/c1-6-7(2)11(14-4)10(12)8(3)9(6)5-13/h5H,1-4H3. The minimum absolute atomic E-state index is 0.526. The maximum absolute atomic E-state index is 10.9. The predicted octanol–water partition coefficient (Wildman–Crippen LogP) is 3.09. The van der Waals surface area contributed by atoms with Crippen molar-refractivity contribution in [2.45, 2.75) is 20.8 Å². The minimum Gasteiger partial charge on any atom is -0.495 e. The lowest BCUT2D eigenvalue weighted by atomic mass is 9.98. The highest BCUT2D eigenvalue weighted by atomic mass is 35.5. The maximum Gasteiger partial charge on any atom is 0.150 e. The van der Waals surface area contributed by atoms with Crippen LogP contribution >= 0.6 is 11.6 Å². The van der Waals surface area contributed by atoms with Gasteiger partial charge in [-0.05, 0) is 37.5 Å². The van der Waals surface area contributed by atoms with Gasteiger partial charge in [-0.25, -0.2) is 0 Å². The van der Waals surface area contributed by atoms with Crippen LogP contribution in [0.25, 0.3) is 0 Å². The Morgan fingerprint density at radius 3 is 2.14 bits per heavy atom. The lowest BCUT2D eigenvalue weighted by Crippen LogP contribution is -2.00. The van der Waals surface area contributed by atoms with E-state index in [1.54, 1.807) is 7.11 Å². The van der Waals surface area contributed by atoms with Crippen molar-refractivity contribution < 1.29 is 9.53 Å². The Labute approximate surface area is 88.8 Å². The number of carbonyl (C=O) groups excluding carboxylic acids is 1. The van der Waals surface area contributed by atoms with E-state index in [0.29, 0.717) is 16.3 Å². The van der Waals surface area contributed by atoms with Crippen molar-refractivity contribution in [2.24, 2.45) is 0 Å². The summed E-state index contributed by atoms with van der Waals surface area (Å²) >= 11 is 6.07. The Morgan fingerprint density at radius 2 is 1.71 bits per heavy atom. The summed E-state index contributed by atoms with van der Waals surface area (Å²) in [5, 5.41) is 0.526. The number of hydrogen-bond acceptors (Lipinski definition) is 2. The lowest BCUT2D eigenvalue weighted by molar-refractivity contribution is 0.112. The highest BCUT2D eigenvalue weighted by molar-refractivity contribution is 6.33. The second kappa shape index (κ2) is 4.01. The molecule has 0 saturated carbocycles. The van der Waals surface area contributed by atoms with Gasteiger partial charge in [-0.15, -0.1) is 0 Å². The zero-order valence-corrected chi connectivity index (χ0v) is 9.53. The van der Waals surface area contributed by atoms with E-state index < -0.39 is 0 Å². The molecule has 3 heteroatoms. The number of ether oxygens (including phenoxy) is 1. The quantitative estimate of drug-likeness (QED) is 0.705. The molecule has 0 N–H and O–H groups in total. The van der Waals surface area contributed by atoms with E-state index in [4.69, 9.17) is 16.3 Å². The molecule has 0 aliphatic rings. The van der Waals surface area contributed by atoms with Gasteiger partial charge in [0.1, 0.15) is 5.75 Å². The van der Waals surface area contributed by atoms with E-state index in [-0.39, 0.29) is 0 Å². The topological polar surface area (TPSA) is 26.3 Å². The number of hydrogen-bond donors (Lipinski definition) is 0. The number of aldehydes is 1. The van der Waals surface area contributed by atoms with E-state index in [0.717, 1.165) is 23.0 Å². The molecule has 1 aromatic rings. The first-order chi connectivity index (χ1) is 6.54. The van der Waals surface area contributed by atoms with Gasteiger partial charge in [0.05, 0.1) is 12.1 Å². The van der Waals surface area contributed by atoms with Crippen LogP contribution in [0.2, 0.25) is 5.02 Å². The van der Waals surface area contributed by atoms with Crippen LogP contribution in [-0.4, -0.2) is 13.4 Å². The van der Waals surface area contributed by atoms with Crippen molar-refractivity contribution in [2.75, 3.05) is 7.11 Å². The third kappa shape index (κ3) is 1.50. The molecule has 76 valence electrons. The molecule has 0 bridgehead atoms. The molecule has 0 aromatic heterocycles. The van der Waals surface area contributed by atoms with Crippen LogP contribution in [0.15, 0.2) is 0 Å². The first-order valence-electron chi connectivity index (χ1n) is 4.33. The Hall–Kier alpha value is -1.02. The summed E-state index contributed by atoms with van der Waals surface area (Å²) in [6, 6.07) is 0. The lowest BCUT2D eigenvalue weighted by Gasteiger charge is -2.14. The largest absolute Gasteiger partial charge is 0.495 e.